The molecule has 2 aromatic carbocycles. The van der Waals surface area contributed by atoms with Gasteiger partial charge in [-0.2, -0.15) is 0 Å². The van der Waals surface area contributed by atoms with Gasteiger partial charge in [0.25, 0.3) is 0 Å². The van der Waals surface area contributed by atoms with Gasteiger partial charge in [-0.05, 0) is 30.3 Å². The standard InChI is InChI=1S/C15H9Cl3N2OS2/c16-8-4-5-12-11(6-8)20-15(23-12)22-7-13(21)19-10-3-1-2-9(17)14(10)18/h1-6H,7H2,(H,19,21). The van der Waals surface area contributed by atoms with Gasteiger partial charge in [0, 0.05) is 5.02 Å². The summed E-state index contributed by atoms with van der Waals surface area (Å²) in [5, 5.41) is 4.13. The number of carbonyl (C=O) groups is 1. The molecule has 0 aliphatic rings. The zero-order chi connectivity index (χ0) is 16.4. The topological polar surface area (TPSA) is 42.0 Å². The highest BCUT2D eigenvalue weighted by molar-refractivity contribution is 8.01. The minimum atomic E-state index is -0.170. The molecule has 1 aromatic heterocycles. The minimum Gasteiger partial charge on any atom is -0.324 e. The number of anilines is 1. The average molecular weight is 404 g/mol. The molecule has 1 heterocycles. The molecular formula is C15H9Cl3N2OS2. The summed E-state index contributed by atoms with van der Waals surface area (Å²) in [6.07, 6.45) is 0. The summed E-state index contributed by atoms with van der Waals surface area (Å²) in [6.45, 7) is 0. The number of hydrogen-bond donors (Lipinski definition) is 1. The van der Waals surface area contributed by atoms with Crippen LogP contribution in [0.1, 0.15) is 0 Å². The minimum absolute atomic E-state index is 0.170. The van der Waals surface area contributed by atoms with E-state index in [4.69, 9.17) is 34.8 Å². The van der Waals surface area contributed by atoms with Crippen LogP contribution >= 0.6 is 57.9 Å². The van der Waals surface area contributed by atoms with E-state index >= 15 is 0 Å². The SMILES string of the molecule is O=C(CSc1nc2cc(Cl)ccc2s1)Nc1cccc(Cl)c1Cl. The van der Waals surface area contributed by atoms with Crippen molar-refractivity contribution in [2.24, 2.45) is 0 Å². The lowest BCUT2D eigenvalue weighted by Crippen LogP contribution is -2.14. The molecule has 0 saturated heterocycles. The van der Waals surface area contributed by atoms with Crippen LogP contribution in [0.2, 0.25) is 15.1 Å². The molecule has 3 nitrogen and oxygen atoms in total. The predicted molar refractivity (Wildman–Crippen MR) is 100 cm³/mol. The maximum atomic E-state index is 12.0. The Morgan fingerprint density at radius 3 is 2.87 bits per heavy atom. The number of thioether (sulfide) groups is 1. The Kier molecular flexibility index (Phi) is 5.34. The van der Waals surface area contributed by atoms with Gasteiger partial charge in [0.05, 0.1) is 31.7 Å². The van der Waals surface area contributed by atoms with Crippen molar-refractivity contribution in [3.05, 3.63) is 51.5 Å². The summed E-state index contributed by atoms with van der Waals surface area (Å²) in [5.41, 5.74) is 1.34. The Balaban J connectivity index is 1.65. The molecule has 0 radical (unpaired) electrons. The van der Waals surface area contributed by atoms with E-state index in [1.54, 1.807) is 18.2 Å². The first kappa shape index (κ1) is 16.9. The van der Waals surface area contributed by atoms with E-state index in [9.17, 15) is 4.79 Å². The number of benzene rings is 2. The molecule has 1 amide bonds. The van der Waals surface area contributed by atoms with Gasteiger partial charge in [0.2, 0.25) is 5.91 Å². The van der Waals surface area contributed by atoms with E-state index in [0.29, 0.717) is 20.8 Å². The van der Waals surface area contributed by atoms with E-state index in [1.807, 2.05) is 18.2 Å². The predicted octanol–water partition coefficient (Wildman–Crippen LogP) is 5.99. The van der Waals surface area contributed by atoms with Crippen LogP contribution in [0, 0.1) is 0 Å². The molecular weight excluding hydrogens is 395 g/mol. The van der Waals surface area contributed by atoms with Crippen LogP contribution in [0.3, 0.4) is 0 Å². The number of fused-ring (bicyclic) bond motifs is 1. The second-order valence-electron chi connectivity index (χ2n) is 4.53. The molecule has 0 unspecified atom stereocenters. The van der Waals surface area contributed by atoms with Crippen LogP contribution in [0.5, 0.6) is 0 Å². The van der Waals surface area contributed by atoms with E-state index in [1.165, 1.54) is 23.1 Å². The molecule has 0 aliphatic heterocycles. The quantitative estimate of drug-likeness (QED) is 0.544. The fourth-order valence-corrected chi connectivity index (χ4v) is 4.22. The van der Waals surface area contributed by atoms with Crippen molar-refractivity contribution in [1.82, 2.24) is 4.98 Å². The van der Waals surface area contributed by atoms with Gasteiger partial charge < -0.3 is 5.32 Å². The number of halogens is 3. The summed E-state index contributed by atoms with van der Waals surface area (Å²) < 4.78 is 1.85. The van der Waals surface area contributed by atoms with Gasteiger partial charge in [-0.15, -0.1) is 11.3 Å². The van der Waals surface area contributed by atoms with Gasteiger partial charge in [-0.25, -0.2) is 4.98 Å². The summed E-state index contributed by atoms with van der Waals surface area (Å²) in [5.74, 6) is 0.0626. The van der Waals surface area contributed by atoms with Gasteiger partial charge in [-0.3, -0.25) is 4.79 Å². The van der Waals surface area contributed by atoms with Crippen LogP contribution in [-0.2, 0) is 4.79 Å². The first-order valence-corrected chi connectivity index (χ1v) is 9.39. The number of nitrogens with one attached hydrogen (secondary N) is 1. The third kappa shape index (κ3) is 4.11. The molecule has 23 heavy (non-hydrogen) atoms. The van der Waals surface area contributed by atoms with E-state index < -0.39 is 0 Å². The summed E-state index contributed by atoms with van der Waals surface area (Å²) in [6, 6.07) is 10.7. The molecule has 0 saturated carbocycles. The normalized spacial score (nSPS) is 10.9. The summed E-state index contributed by atoms with van der Waals surface area (Å²) >= 11 is 20.8. The van der Waals surface area contributed by atoms with Crippen molar-refractivity contribution < 1.29 is 4.79 Å². The Morgan fingerprint density at radius 2 is 2.04 bits per heavy atom. The molecule has 0 atom stereocenters. The smallest absolute Gasteiger partial charge is 0.234 e. The number of hydrogen-bond acceptors (Lipinski definition) is 4. The lowest BCUT2D eigenvalue weighted by atomic mass is 10.3. The van der Waals surface area contributed by atoms with Gasteiger partial charge >= 0.3 is 0 Å². The van der Waals surface area contributed by atoms with Crippen LogP contribution in [-0.4, -0.2) is 16.6 Å². The first-order chi connectivity index (χ1) is 11.0. The summed E-state index contributed by atoms with van der Waals surface area (Å²) in [7, 11) is 0. The van der Waals surface area contributed by atoms with Crippen LogP contribution < -0.4 is 5.32 Å². The van der Waals surface area contributed by atoms with Crippen molar-refractivity contribution in [2.45, 2.75) is 4.34 Å². The number of carbonyl (C=O) groups excluding carboxylic acids is 1. The largest absolute Gasteiger partial charge is 0.324 e. The number of nitrogens with zero attached hydrogens (tertiary/aromatic N) is 1. The number of amides is 1. The van der Waals surface area contributed by atoms with E-state index in [0.717, 1.165) is 14.6 Å². The molecule has 8 heteroatoms. The van der Waals surface area contributed by atoms with Crippen molar-refractivity contribution >= 4 is 79.7 Å². The van der Waals surface area contributed by atoms with E-state index in [-0.39, 0.29) is 11.7 Å². The molecule has 0 aliphatic carbocycles. The van der Waals surface area contributed by atoms with Crippen molar-refractivity contribution in [1.29, 1.82) is 0 Å². The lowest BCUT2D eigenvalue weighted by molar-refractivity contribution is -0.113. The second-order valence-corrected chi connectivity index (χ2v) is 8.00. The maximum Gasteiger partial charge on any atom is 0.234 e. The monoisotopic (exact) mass is 402 g/mol. The summed E-state index contributed by atoms with van der Waals surface area (Å²) in [4.78, 5) is 16.5. The highest BCUT2D eigenvalue weighted by Gasteiger charge is 2.11. The van der Waals surface area contributed by atoms with Gasteiger partial charge in [0.15, 0.2) is 4.34 Å². The van der Waals surface area contributed by atoms with Crippen molar-refractivity contribution in [3.8, 4) is 0 Å². The van der Waals surface area contributed by atoms with Crippen LogP contribution in [0.15, 0.2) is 40.7 Å². The Morgan fingerprint density at radius 1 is 1.22 bits per heavy atom. The highest BCUT2D eigenvalue weighted by atomic mass is 35.5. The highest BCUT2D eigenvalue weighted by Crippen LogP contribution is 2.32. The zero-order valence-electron chi connectivity index (χ0n) is 11.5. The number of rotatable bonds is 4. The van der Waals surface area contributed by atoms with Gasteiger partial charge in [-0.1, -0.05) is 52.6 Å². The molecule has 118 valence electrons. The average Bonchev–Trinajstić information content (AvgIpc) is 2.92. The fourth-order valence-electron chi connectivity index (χ4n) is 1.86. The number of thiazole rings is 1. The van der Waals surface area contributed by atoms with Crippen LogP contribution in [0.4, 0.5) is 5.69 Å². The van der Waals surface area contributed by atoms with Crippen molar-refractivity contribution in [3.63, 3.8) is 0 Å². The Bertz CT molecular complexity index is 882. The molecule has 3 aromatic rings. The first-order valence-electron chi connectivity index (χ1n) is 6.45. The second kappa shape index (κ2) is 7.28. The Hall–Kier alpha value is -0.980. The fraction of sp³-hybridized carbons (Fsp3) is 0.0667. The zero-order valence-corrected chi connectivity index (χ0v) is 15.4. The molecule has 0 fully saturated rings. The van der Waals surface area contributed by atoms with Gasteiger partial charge in [0.1, 0.15) is 0 Å². The van der Waals surface area contributed by atoms with Crippen LogP contribution in [0.25, 0.3) is 10.2 Å². The molecule has 1 N–H and O–H groups in total. The van der Waals surface area contributed by atoms with Crippen molar-refractivity contribution in [2.75, 3.05) is 11.1 Å². The third-order valence-electron chi connectivity index (χ3n) is 2.88. The number of aromatic nitrogens is 1. The molecule has 0 spiro atoms. The third-order valence-corrected chi connectivity index (χ3v) is 6.12. The lowest BCUT2D eigenvalue weighted by Gasteiger charge is -2.07. The van der Waals surface area contributed by atoms with E-state index in [2.05, 4.69) is 10.3 Å². The molecule has 3 rings (SSSR count). The molecule has 0 bridgehead atoms. The Labute approximate surface area is 156 Å². The maximum absolute atomic E-state index is 12.0.